The Balaban J connectivity index is 1.38. The third-order valence-electron chi connectivity index (χ3n) is 7.36. The van der Waals surface area contributed by atoms with Crippen molar-refractivity contribution in [1.82, 2.24) is 4.98 Å². The Labute approximate surface area is 244 Å². The molecule has 1 saturated heterocycles. The van der Waals surface area contributed by atoms with E-state index in [1.807, 2.05) is 55.5 Å². The molecule has 0 radical (unpaired) electrons. The van der Waals surface area contributed by atoms with Gasteiger partial charge in [-0.1, -0.05) is 65.6 Å². The van der Waals surface area contributed by atoms with Crippen molar-refractivity contribution in [2.24, 2.45) is 5.92 Å². The summed E-state index contributed by atoms with van der Waals surface area (Å²) in [6, 6.07) is 21.7. The number of aryl methyl sites for hydroxylation is 1. The SMILES string of the molecule is CCOC(=O)c1ccc(N2C(=O)[C@H]3[C@H](c4ccccc4OCc4ccccc4C)c4sc(=O)[nH]c4S[C@H]3C2=O)cc1. The molecule has 8 nitrogen and oxygen atoms in total. The molecule has 1 aromatic heterocycles. The van der Waals surface area contributed by atoms with Crippen LogP contribution < -0.4 is 14.5 Å². The molecule has 2 amide bonds. The van der Waals surface area contributed by atoms with Crippen LogP contribution in [-0.2, 0) is 20.9 Å². The zero-order valence-corrected chi connectivity index (χ0v) is 23.9. The molecular weight excluding hydrogens is 560 g/mol. The van der Waals surface area contributed by atoms with Gasteiger partial charge in [-0.3, -0.25) is 14.4 Å². The highest BCUT2D eigenvalue weighted by Crippen LogP contribution is 2.54. The maximum absolute atomic E-state index is 14.1. The van der Waals surface area contributed by atoms with E-state index in [1.165, 1.54) is 16.7 Å². The number of aromatic amines is 1. The summed E-state index contributed by atoms with van der Waals surface area (Å²) in [5.74, 6) is -1.92. The van der Waals surface area contributed by atoms with Crippen molar-refractivity contribution in [2.75, 3.05) is 11.5 Å². The summed E-state index contributed by atoms with van der Waals surface area (Å²) in [6.45, 7) is 4.32. The number of para-hydroxylation sites is 1. The molecule has 6 rings (SSSR count). The zero-order valence-electron chi connectivity index (χ0n) is 22.3. The first-order valence-electron chi connectivity index (χ1n) is 13.2. The van der Waals surface area contributed by atoms with Gasteiger partial charge >= 0.3 is 10.8 Å². The standard InChI is InChI=1S/C31H26N2O6S2/c1-3-38-30(36)18-12-14-20(15-13-18)33-28(34)24-23(25-27(32-31(37)41-25)40-26(24)29(33)35)21-10-6-7-11-22(21)39-16-19-9-5-4-8-17(19)2/h4-15,23-24,26H,3,16H2,1-2H3,(H,32,37)/t23-,24-,26+/m0/s1. The van der Waals surface area contributed by atoms with E-state index in [2.05, 4.69) is 4.98 Å². The molecule has 1 N–H and O–H groups in total. The maximum Gasteiger partial charge on any atom is 0.338 e. The molecule has 2 aliphatic rings. The number of ether oxygens (including phenoxy) is 2. The molecule has 10 heteroatoms. The van der Waals surface area contributed by atoms with Crippen LogP contribution in [0.1, 0.15) is 44.8 Å². The van der Waals surface area contributed by atoms with Crippen molar-refractivity contribution in [2.45, 2.75) is 36.6 Å². The first-order chi connectivity index (χ1) is 19.9. The number of thiazole rings is 1. The summed E-state index contributed by atoms with van der Waals surface area (Å²) in [6.07, 6.45) is 0. The number of imide groups is 1. The van der Waals surface area contributed by atoms with E-state index in [0.29, 0.717) is 33.5 Å². The van der Waals surface area contributed by atoms with Crippen molar-refractivity contribution >= 4 is 46.6 Å². The van der Waals surface area contributed by atoms with Gasteiger partial charge in [0.25, 0.3) is 0 Å². The number of rotatable bonds is 7. The number of anilines is 1. The molecule has 3 heterocycles. The second-order valence-electron chi connectivity index (χ2n) is 9.78. The van der Waals surface area contributed by atoms with Gasteiger partial charge in [0.2, 0.25) is 11.8 Å². The Kier molecular flexibility index (Phi) is 7.27. The van der Waals surface area contributed by atoms with E-state index < -0.39 is 23.1 Å². The number of hydrogen-bond acceptors (Lipinski definition) is 8. The van der Waals surface area contributed by atoms with Crippen LogP contribution in [0, 0.1) is 12.8 Å². The number of aromatic nitrogens is 1. The smallest absolute Gasteiger partial charge is 0.338 e. The molecule has 0 bridgehead atoms. The molecule has 3 atom stereocenters. The summed E-state index contributed by atoms with van der Waals surface area (Å²) in [4.78, 5) is 57.0. The first-order valence-corrected chi connectivity index (χ1v) is 14.9. The van der Waals surface area contributed by atoms with Gasteiger partial charge in [0, 0.05) is 16.4 Å². The molecule has 41 heavy (non-hydrogen) atoms. The predicted octanol–water partition coefficient (Wildman–Crippen LogP) is 5.30. The highest BCUT2D eigenvalue weighted by Gasteiger charge is 2.56. The molecule has 3 aromatic carbocycles. The molecule has 2 aliphatic heterocycles. The Hall–Kier alpha value is -4.15. The van der Waals surface area contributed by atoms with Gasteiger partial charge in [-0.15, -0.1) is 0 Å². The van der Waals surface area contributed by atoms with E-state index >= 15 is 0 Å². The number of thioether (sulfide) groups is 1. The lowest BCUT2D eigenvalue weighted by molar-refractivity contribution is -0.122. The second-order valence-corrected chi connectivity index (χ2v) is 11.9. The van der Waals surface area contributed by atoms with Crippen LogP contribution in [0.15, 0.2) is 82.6 Å². The Morgan fingerprint density at radius 3 is 2.44 bits per heavy atom. The number of carbonyl (C=O) groups excluding carboxylic acids is 3. The van der Waals surface area contributed by atoms with Crippen molar-refractivity contribution in [1.29, 1.82) is 0 Å². The lowest BCUT2D eigenvalue weighted by Crippen LogP contribution is -2.32. The van der Waals surface area contributed by atoms with Crippen LogP contribution in [0.3, 0.4) is 0 Å². The number of hydrogen-bond donors (Lipinski definition) is 1. The number of amides is 2. The zero-order chi connectivity index (χ0) is 28.7. The van der Waals surface area contributed by atoms with Gasteiger partial charge in [-0.2, -0.15) is 0 Å². The van der Waals surface area contributed by atoms with Crippen LogP contribution in [-0.4, -0.2) is 34.6 Å². The number of carbonyl (C=O) groups is 3. The van der Waals surface area contributed by atoms with E-state index in [1.54, 1.807) is 31.2 Å². The predicted molar refractivity (Wildman–Crippen MR) is 157 cm³/mol. The van der Waals surface area contributed by atoms with Crippen LogP contribution in [0.2, 0.25) is 0 Å². The topological polar surface area (TPSA) is 106 Å². The molecule has 4 aromatic rings. The average molecular weight is 587 g/mol. The van der Waals surface area contributed by atoms with Crippen LogP contribution in [0.5, 0.6) is 5.75 Å². The quantitative estimate of drug-likeness (QED) is 0.232. The van der Waals surface area contributed by atoms with Gasteiger partial charge in [0.15, 0.2) is 0 Å². The number of nitrogens with one attached hydrogen (secondary N) is 1. The molecule has 0 saturated carbocycles. The second kappa shape index (κ2) is 11.0. The van der Waals surface area contributed by atoms with Gasteiger partial charge < -0.3 is 14.5 Å². The monoisotopic (exact) mass is 586 g/mol. The Morgan fingerprint density at radius 2 is 1.68 bits per heavy atom. The van der Waals surface area contributed by atoms with Crippen molar-refractivity contribution in [3.8, 4) is 5.75 Å². The fourth-order valence-corrected chi connectivity index (χ4v) is 7.87. The maximum atomic E-state index is 14.1. The number of H-pyrrole nitrogens is 1. The van der Waals surface area contributed by atoms with Crippen LogP contribution >= 0.6 is 23.1 Å². The van der Waals surface area contributed by atoms with E-state index in [-0.39, 0.29) is 23.3 Å². The summed E-state index contributed by atoms with van der Waals surface area (Å²) in [5, 5.41) is -0.139. The highest BCUT2D eigenvalue weighted by atomic mass is 32.2. The minimum absolute atomic E-state index is 0.239. The largest absolute Gasteiger partial charge is 0.489 e. The van der Waals surface area contributed by atoms with Crippen molar-refractivity contribution < 1.29 is 23.9 Å². The lowest BCUT2D eigenvalue weighted by Gasteiger charge is -2.30. The summed E-state index contributed by atoms with van der Waals surface area (Å²) in [7, 11) is 0. The van der Waals surface area contributed by atoms with Gasteiger partial charge in [-0.05, 0) is 55.3 Å². The van der Waals surface area contributed by atoms with Gasteiger partial charge in [0.1, 0.15) is 17.6 Å². The van der Waals surface area contributed by atoms with E-state index in [9.17, 15) is 19.2 Å². The van der Waals surface area contributed by atoms with E-state index in [0.717, 1.165) is 28.0 Å². The summed E-state index contributed by atoms with van der Waals surface area (Å²) < 4.78 is 11.4. The summed E-state index contributed by atoms with van der Waals surface area (Å²) in [5.41, 5.74) is 3.59. The molecule has 0 unspecified atom stereocenters. The first kappa shape index (κ1) is 27.0. The normalized spacial score (nSPS) is 19.6. The molecular formula is C31H26N2O6S2. The average Bonchev–Trinajstić information content (AvgIpc) is 3.47. The minimum Gasteiger partial charge on any atom is -0.489 e. The third kappa shape index (κ3) is 4.87. The minimum atomic E-state index is -0.751. The molecule has 1 fully saturated rings. The molecule has 0 aliphatic carbocycles. The van der Waals surface area contributed by atoms with E-state index in [4.69, 9.17) is 9.47 Å². The number of nitrogens with zero attached hydrogens (tertiary/aromatic N) is 1. The number of esters is 1. The van der Waals surface area contributed by atoms with Crippen LogP contribution in [0.25, 0.3) is 0 Å². The van der Waals surface area contributed by atoms with Crippen molar-refractivity contribution in [3.63, 3.8) is 0 Å². The highest BCUT2D eigenvalue weighted by molar-refractivity contribution is 8.00. The Bertz CT molecular complexity index is 1710. The molecule has 208 valence electrons. The fraction of sp³-hybridized carbons (Fsp3) is 0.226. The lowest BCUT2D eigenvalue weighted by atomic mass is 9.82. The number of fused-ring (bicyclic) bond motifs is 2. The molecule has 0 spiro atoms. The summed E-state index contributed by atoms with van der Waals surface area (Å²) >= 11 is 2.27. The van der Waals surface area contributed by atoms with Crippen LogP contribution in [0.4, 0.5) is 5.69 Å². The van der Waals surface area contributed by atoms with Gasteiger partial charge in [0.05, 0.1) is 28.8 Å². The number of benzene rings is 3. The third-order valence-corrected chi connectivity index (χ3v) is 9.76. The van der Waals surface area contributed by atoms with Crippen molar-refractivity contribution in [3.05, 3.63) is 110 Å². The fourth-order valence-electron chi connectivity index (χ4n) is 5.36. The Morgan fingerprint density at radius 1 is 0.951 bits per heavy atom. The van der Waals surface area contributed by atoms with Gasteiger partial charge in [-0.25, -0.2) is 9.69 Å².